The van der Waals surface area contributed by atoms with E-state index in [4.69, 9.17) is 11.6 Å². The zero-order valence-corrected chi connectivity index (χ0v) is 8.39. The van der Waals surface area contributed by atoms with Crippen LogP contribution >= 0.6 is 11.6 Å². The molecule has 2 nitrogen and oxygen atoms in total. The standard InChI is InChI=1S/C10H11ClN2/c1-7-5-8-6-9(11)3-4-10(8)13(7)12-2/h3-6,12H,1-2H3. The number of hydrogen-bond acceptors (Lipinski definition) is 1. The highest BCUT2D eigenvalue weighted by atomic mass is 35.5. The van der Waals surface area contributed by atoms with Crippen molar-refractivity contribution in [2.75, 3.05) is 12.5 Å². The zero-order valence-electron chi connectivity index (χ0n) is 7.63. The van der Waals surface area contributed by atoms with Crippen LogP contribution in [0.1, 0.15) is 5.69 Å². The molecule has 0 spiro atoms. The molecule has 3 heteroatoms. The number of hydrogen-bond donors (Lipinski definition) is 1. The van der Waals surface area contributed by atoms with Gasteiger partial charge in [0.25, 0.3) is 0 Å². The van der Waals surface area contributed by atoms with E-state index in [9.17, 15) is 0 Å². The normalized spacial score (nSPS) is 10.7. The maximum absolute atomic E-state index is 5.89. The van der Waals surface area contributed by atoms with E-state index >= 15 is 0 Å². The number of aromatic nitrogens is 1. The van der Waals surface area contributed by atoms with Crippen molar-refractivity contribution in [3.05, 3.63) is 35.0 Å². The van der Waals surface area contributed by atoms with Gasteiger partial charge in [0.05, 0.1) is 5.52 Å². The Balaban J connectivity index is 2.79. The highest BCUT2D eigenvalue weighted by Gasteiger charge is 2.03. The predicted octanol–water partition coefficient (Wildman–Crippen LogP) is 2.78. The molecule has 13 heavy (non-hydrogen) atoms. The van der Waals surface area contributed by atoms with Gasteiger partial charge in [0.2, 0.25) is 0 Å². The first-order chi connectivity index (χ1) is 6.22. The number of aryl methyl sites for hydroxylation is 1. The second-order valence-corrected chi connectivity index (χ2v) is 3.48. The molecule has 68 valence electrons. The van der Waals surface area contributed by atoms with Gasteiger partial charge in [-0.25, -0.2) is 0 Å². The summed E-state index contributed by atoms with van der Waals surface area (Å²) in [7, 11) is 1.90. The first-order valence-corrected chi connectivity index (χ1v) is 4.55. The Morgan fingerprint density at radius 3 is 2.77 bits per heavy atom. The topological polar surface area (TPSA) is 17.0 Å². The minimum atomic E-state index is 0.778. The van der Waals surface area contributed by atoms with Gasteiger partial charge in [0.1, 0.15) is 0 Å². The smallest absolute Gasteiger partial charge is 0.0696 e. The van der Waals surface area contributed by atoms with Crippen molar-refractivity contribution in [3.8, 4) is 0 Å². The number of fused-ring (bicyclic) bond motifs is 1. The van der Waals surface area contributed by atoms with Crippen LogP contribution in [0.15, 0.2) is 24.3 Å². The van der Waals surface area contributed by atoms with Crippen LogP contribution in [0.3, 0.4) is 0 Å². The number of halogens is 1. The van der Waals surface area contributed by atoms with Crippen LogP contribution in [0, 0.1) is 6.92 Å². The lowest BCUT2D eigenvalue weighted by atomic mass is 10.2. The van der Waals surface area contributed by atoms with E-state index < -0.39 is 0 Å². The lowest BCUT2D eigenvalue weighted by Gasteiger charge is -2.05. The molecule has 0 radical (unpaired) electrons. The molecule has 0 aliphatic carbocycles. The van der Waals surface area contributed by atoms with Crippen LogP contribution in [-0.4, -0.2) is 11.7 Å². The molecule has 0 fully saturated rings. The lowest BCUT2D eigenvalue weighted by molar-refractivity contribution is 0.928. The Kier molecular flexibility index (Phi) is 1.93. The molecule has 1 aromatic carbocycles. The van der Waals surface area contributed by atoms with E-state index in [1.54, 1.807) is 0 Å². The van der Waals surface area contributed by atoms with E-state index in [2.05, 4.69) is 18.4 Å². The molecular weight excluding hydrogens is 184 g/mol. The van der Waals surface area contributed by atoms with Crippen LogP contribution < -0.4 is 5.43 Å². The van der Waals surface area contributed by atoms with Crippen molar-refractivity contribution in [1.82, 2.24) is 4.68 Å². The summed E-state index contributed by atoms with van der Waals surface area (Å²) in [6.07, 6.45) is 0. The fraction of sp³-hybridized carbons (Fsp3) is 0.200. The lowest BCUT2D eigenvalue weighted by Crippen LogP contribution is -2.09. The molecule has 0 aliphatic heterocycles. The molecule has 1 heterocycles. The summed E-state index contributed by atoms with van der Waals surface area (Å²) >= 11 is 5.89. The van der Waals surface area contributed by atoms with Crippen LogP contribution in [0.5, 0.6) is 0 Å². The monoisotopic (exact) mass is 194 g/mol. The van der Waals surface area contributed by atoms with Crippen molar-refractivity contribution < 1.29 is 0 Å². The van der Waals surface area contributed by atoms with Gasteiger partial charge in [0, 0.05) is 23.2 Å². The van der Waals surface area contributed by atoms with Crippen LogP contribution in [0.2, 0.25) is 5.02 Å². The molecule has 0 saturated carbocycles. The van der Waals surface area contributed by atoms with Gasteiger partial charge < -0.3 is 5.43 Å². The third kappa shape index (κ3) is 1.27. The Labute approximate surface area is 82.1 Å². The van der Waals surface area contributed by atoms with E-state index in [0.29, 0.717) is 0 Å². The summed E-state index contributed by atoms with van der Waals surface area (Å²) in [5.41, 5.74) is 5.45. The van der Waals surface area contributed by atoms with Crippen molar-refractivity contribution >= 4 is 22.5 Å². The molecule has 0 amide bonds. The van der Waals surface area contributed by atoms with Crippen molar-refractivity contribution in [2.24, 2.45) is 0 Å². The first kappa shape index (κ1) is 8.45. The largest absolute Gasteiger partial charge is 0.329 e. The average molecular weight is 195 g/mol. The third-order valence-corrected chi connectivity index (χ3v) is 2.41. The highest BCUT2D eigenvalue weighted by Crippen LogP contribution is 2.21. The highest BCUT2D eigenvalue weighted by molar-refractivity contribution is 6.31. The number of nitrogens with one attached hydrogen (secondary N) is 1. The SMILES string of the molecule is CNn1c(C)cc2cc(Cl)ccc21. The molecule has 2 aromatic rings. The molecule has 0 atom stereocenters. The molecule has 0 unspecified atom stereocenters. The fourth-order valence-electron chi connectivity index (χ4n) is 1.62. The maximum atomic E-state index is 5.89. The van der Waals surface area contributed by atoms with Crippen molar-refractivity contribution in [1.29, 1.82) is 0 Å². The van der Waals surface area contributed by atoms with Gasteiger partial charge in [-0.3, -0.25) is 4.68 Å². The number of nitrogens with zero attached hydrogens (tertiary/aromatic N) is 1. The minimum absolute atomic E-state index is 0.778. The summed E-state index contributed by atoms with van der Waals surface area (Å²) in [5, 5.41) is 1.94. The average Bonchev–Trinajstić information content (AvgIpc) is 2.39. The molecule has 1 aromatic heterocycles. The minimum Gasteiger partial charge on any atom is -0.329 e. The number of rotatable bonds is 1. The van der Waals surface area contributed by atoms with Crippen LogP contribution in [-0.2, 0) is 0 Å². The van der Waals surface area contributed by atoms with Gasteiger partial charge in [-0.15, -0.1) is 0 Å². The van der Waals surface area contributed by atoms with Gasteiger partial charge in [-0.1, -0.05) is 11.6 Å². The second-order valence-electron chi connectivity index (χ2n) is 3.05. The Morgan fingerprint density at radius 1 is 1.31 bits per heavy atom. The van der Waals surface area contributed by atoms with Crippen molar-refractivity contribution in [2.45, 2.75) is 6.92 Å². The maximum Gasteiger partial charge on any atom is 0.0696 e. The van der Waals surface area contributed by atoms with E-state index in [-0.39, 0.29) is 0 Å². The third-order valence-electron chi connectivity index (χ3n) is 2.17. The quantitative estimate of drug-likeness (QED) is 0.739. The van der Waals surface area contributed by atoms with Crippen LogP contribution in [0.25, 0.3) is 10.9 Å². The molecule has 0 bridgehead atoms. The fourth-order valence-corrected chi connectivity index (χ4v) is 1.80. The molecule has 2 rings (SSSR count). The summed E-state index contributed by atoms with van der Waals surface area (Å²) in [4.78, 5) is 0. The first-order valence-electron chi connectivity index (χ1n) is 4.18. The van der Waals surface area contributed by atoms with Gasteiger partial charge in [0.15, 0.2) is 0 Å². The van der Waals surface area contributed by atoms with E-state index in [0.717, 1.165) is 10.5 Å². The number of benzene rings is 1. The summed E-state index contributed by atoms with van der Waals surface area (Å²) < 4.78 is 2.03. The predicted molar refractivity (Wildman–Crippen MR) is 57.0 cm³/mol. The molecule has 0 aliphatic rings. The van der Waals surface area contributed by atoms with E-state index in [1.807, 2.05) is 29.9 Å². The summed E-state index contributed by atoms with van der Waals surface area (Å²) in [6, 6.07) is 7.99. The van der Waals surface area contributed by atoms with Gasteiger partial charge in [-0.05, 0) is 31.2 Å². The van der Waals surface area contributed by atoms with Crippen molar-refractivity contribution in [3.63, 3.8) is 0 Å². The Bertz CT molecular complexity index is 445. The van der Waals surface area contributed by atoms with Gasteiger partial charge >= 0.3 is 0 Å². The molecule has 0 saturated heterocycles. The molecular formula is C10H11ClN2. The zero-order chi connectivity index (χ0) is 9.42. The summed E-state index contributed by atoms with van der Waals surface area (Å²) in [6.45, 7) is 2.06. The van der Waals surface area contributed by atoms with Gasteiger partial charge in [-0.2, -0.15) is 0 Å². The second kappa shape index (κ2) is 2.96. The van der Waals surface area contributed by atoms with E-state index in [1.165, 1.54) is 11.1 Å². The Morgan fingerprint density at radius 2 is 2.08 bits per heavy atom. The van der Waals surface area contributed by atoms with Crippen LogP contribution in [0.4, 0.5) is 0 Å². The summed E-state index contributed by atoms with van der Waals surface area (Å²) in [5.74, 6) is 0. The molecule has 1 N–H and O–H groups in total. The Hall–Kier alpha value is -1.15.